The second kappa shape index (κ2) is 8.89. The number of fused-ring (bicyclic) bond motifs is 1. The predicted octanol–water partition coefficient (Wildman–Crippen LogP) is 2.80. The fourth-order valence-electron chi connectivity index (χ4n) is 5.58. The highest BCUT2D eigenvalue weighted by atomic mass is 19.1. The first-order chi connectivity index (χ1) is 15.9. The summed E-state index contributed by atoms with van der Waals surface area (Å²) in [6, 6.07) is 6.83. The number of aryl methyl sites for hydroxylation is 1. The zero-order valence-electron chi connectivity index (χ0n) is 19.0. The van der Waals surface area contributed by atoms with Gasteiger partial charge in [-0.2, -0.15) is 5.10 Å². The molecule has 0 spiro atoms. The van der Waals surface area contributed by atoms with Gasteiger partial charge >= 0.3 is 0 Å². The highest BCUT2D eigenvalue weighted by Crippen LogP contribution is 2.36. The van der Waals surface area contributed by atoms with Gasteiger partial charge in [0.2, 0.25) is 0 Å². The maximum Gasteiger partial charge on any atom is 0.267 e. The van der Waals surface area contributed by atoms with Crippen molar-refractivity contribution in [1.29, 1.82) is 0 Å². The molecule has 2 amide bonds. The average Bonchev–Trinajstić information content (AvgIpc) is 3.37. The van der Waals surface area contributed by atoms with Gasteiger partial charge in [0.25, 0.3) is 11.8 Å². The van der Waals surface area contributed by atoms with E-state index in [0.29, 0.717) is 36.2 Å². The number of primary amides is 1. The maximum absolute atomic E-state index is 13.4. The van der Waals surface area contributed by atoms with E-state index in [1.165, 1.54) is 6.07 Å². The highest BCUT2D eigenvalue weighted by molar-refractivity contribution is 6.06. The van der Waals surface area contributed by atoms with Gasteiger partial charge in [-0.25, -0.2) is 4.39 Å². The molecule has 7 nitrogen and oxygen atoms in total. The molecular weight excluding hydrogens is 421 g/mol. The van der Waals surface area contributed by atoms with Crippen molar-refractivity contribution >= 4 is 11.8 Å². The number of benzene rings is 1. The van der Waals surface area contributed by atoms with Crippen LogP contribution in [0.1, 0.15) is 63.8 Å². The molecule has 2 N–H and O–H groups in total. The number of aromatic nitrogens is 2. The van der Waals surface area contributed by atoms with Gasteiger partial charge in [0.15, 0.2) is 0 Å². The van der Waals surface area contributed by atoms with E-state index < -0.39 is 5.91 Å². The average molecular weight is 453 g/mol. The van der Waals surface area contributed by atoms with Crippen LogP contribution in [-0.2, 0) is 0 Å². The minimum Gasteiger partial charge on any atom is -0.364 e. The molecule has 3 aliphatic rings. The summed E-state index contributed by atoms with van der Waals surface area (Å²) in [6.07, 6.45) is 5.98. The van der Waals surface area contributed by atoms with E-state index >= 15 is 0 Å². The molecule has 3 fully saturated rings. The number of likely N-dealkylation sites (tertiary alicyclic amines) is 2. The van der Waals surface area contributed by atoms with Crippen LogP contribution in [-0.4, -0.2) is 64.1 Å². The Labute approximate surface area is 193 Å². The van der Waals surface area contributed by atoms with Crippen LogP contribution in [0.5, 0.6) is 0 Å². The SMILES string of the molecule is Cc1nn(C2CCC2)c(C(N)=O)c1C(=O)N1CC2CN(CC[CH]c3cccc(F)c3)C[C@H]2C1. The van der Waals surface area contributed by atoms with Crippen molar-refractivity contribution in [3.8, 4) is 0 Å². The van der Waals surface area contributed by atoms with Gasteiger partial charge in [-0.15, -0.1) is 0 Å². The van der Waals surface area contributed by atoms with Crippen LogP contribution in [0.4, 0.5) is 4.39 Å². The molecule has 1 aromatic heterocycles. The van der Waals surface area contributed by atoms with E-state index in [2.05, 4.69) is 16.4 Å². The molecule has 2 atom stereocenters. The first-order valence-electron chi connectivity index (χ1n) is 11.9. The monoisotopic (exact) mass is 452 g/mol. The van der Waals surface area contributed by atoms with Gasteiger partial charge in [0.1, 0.15) is 11.5 Å². The molecule has 5 rings (SSSR count). The van der Waals surface area contributed by atoms with Crippen molar-refractivity contribution in [2.45, 2.75) is 38.6 Å². The standard InChI is InChI=1S/C25H31FN5O2/c1-16-22(23(24(27)32)31(28-16)21-8-3-9-21)25(33)30-14-18-12-29(13-19(18)15-30)10-4-6-17-5-2-7-20(26)11-17/h2,5-7,11,18-19,21H,3-4,8-10,12-15H2,1H3,(H2,27,32)/t18-,19?/m0/s1. The van der Waals surface area contributed by atoms with Crippen molar-refractivity contribution in [3.63, 3.8) is 0 Å². The predicted molar refractivity (Wildman–Crippen MR) is 122 cm³/mol. The van der Waals surface area contributed by atoms with E-state index in [4.69, 9.17) is 5.73 Å². The number of carbonyl (C=O) groups excluding carboxylic acids is 2. The topological polar surface area (TPSA) is 84.5 Å². The Kier molecular flexibility index (Phi) is 5.95. The van der Waals surface area contributed by atoms with Crippen molar-refractivity contribution in [1.82, 2.24) is 19.6 Å². The van der Waals surface area contributed by atoms with Gasteiger partial charge in [0.05, 0.1) is 17.3 Å². The normalized spacial score (nSPS) is 23.0. The number of nitrogens with zero attached hydrogens (tertiary/aromatic N) is 4. The molecule has 1 saturated carbocycles. The maximum atomic E-state index is 13.4. The summed E-state index contributed by atoms with van der Waals surface area (Å²) in [6.45, 7) is 6.02. The third-order valence-corrected chi connectivity index (χ3v) is 7.48. The molecule has 1 radical (unpaired) electrons. The molecule has 0 bridgehead atoms. The lowest BCUT2D eigenvalue weighted by Gasteiger charge is -2.27. The summed E-state index contributed by atoms with van der Waals surface area (Å²) in [5, 5.41) is 4.53. The zero-order valence-corrected chi connectivity index (χ0v) is 19.0. The summed E-state index contributed by atoms with van der Waals surface area (Å²) in [5.74, 6) is -0.0420. The molecule has 33 heavy (non-hydrogen) atoms. The minimum absolute atomic E-state index is 0.118. The van der Waals surface area contributed by atoms with E-state index in [-0.39, 0.29) is 23.5 Å². The summed E-state index contributed by atoms with van der Waals surface area (Å²) < 4.78 is 15.0. The number of carbonyl (C=O) groups is 2. The summed E-state index contributed by atoms with van der Waals surface area (Å²) in [4.78, 5) is 30.0. The van der Waals surface area contributed by atoms with Crippen molar-refractivity contribution in [3.05, 3.63) is 59.0 Å². The lowest BCUT2D eigenvalue weighted by molar-refractivity contribution is 0.0766. The van der Waals surface area contributed by atoms with Crippen LogP contribution >= 0.6 is 0 Å². The fraction of sp³-hybridized carbons (Fsp3) is 0.520. The lowest BCUT2D eigenvalue weighted by atomic mass is 9.93. The van der Waals surface area contributed by atoms with E-state index in [1.54, 1.807) is 23.7 Å². The molecule has 1 aromatic carbocycles. The highest BCUT2D eigenvalue weighted by Gasteiger charge is 2.43. The number of nitrogens with two attached hydrogens (primary N) is 1. The van der Waals surface area contributed by atoms with E-state index in [9.17, 15) is 14.0 Å². The molecule has 2 aliphatic heterocycles. The fourth-order valence-corrected chi connectivity index (χ4v) is 5.58. The minimum atomic E-state index is -0.578. The lowest BCUT2D eigenvalue weighted by Crippen LogP contribution is -2.35. The molecule has 2 saturated heterocycles. The second-order valence-corrected chi connectivity index (χ2v) is 9.74. The quantitative estimate of drug-likeness (QED) is 0.700. The Morgan fingerprint density at radius 1 is 1.18 bits per heavy atom. The smallest absolute Gasteiger partial charge is 0.267 e. The van der Waals surface area contributed by atoms with Crippen molar-refractivity contribution in [2.75, 3.05) is 32.7 Å². The molecule has 1 aliphatic carbocycles. The van der Waals surface area contributed by atoms with Crippen LogP contribution in [0, 0.1) is 31.0 Å². The van der Waals surface area contributed by atoms with Crippen LogP contribution < -0.4 is 5.73 Å². The Morgan fingerprint density at radius 2 is 1.91 bits per heavy atom. The van der Waals surface area contributed by atoms with E-state index in [1.807, 2.05) is 11.0 Å². The number of hydrogen-bond acceptors (Lipinski definition) is 4. The summed E-state index contributed by atoms with van der Waals surface area (Å²) >= 11 is 0. The van der Waals surface area contributed by atoms with E-state index in [0.717, 1.165) is 50.9 Å². The number of halogens is 1. The summed E-state index contributed by atoms with van der Waals surface area (Å²) in [7, 11) is 0. The first-order valence-corrected chi connectivity index (χ1v) is 11.9. The van der Waals surface area contributed by atoms with Gasteiger partial charge in [-0.3, -0.25) is 14.3 Å². The van der Waals surface area contributed by atoms with Crippen LogP contribution in [0.25, 0.3) is 0 Å². The number of hydrogen-bond donors (Lipinski definition) is 1. The van der Waals surface area contributed by atoms with Crippen LogP contribution in [0.2, 0.25) is 0 Å². The Bertz CT molecular complexity index is 1050. The van der Waals surface area contributed by atoms with Crippen LogP contribution in [0.15, 0.2) is 24.3 Å². The molecule has 2 aromatic rings. The van der Waals surface area contributed by atoms with Gasteiger partial charge in [-0.05, 0) is 75.1 Å². The molecule has 3 heterocycles. The Hall–Kier alpha value is -2.74. The molecule has 1 unspecified atom stereocenters. The van der Waals surface area contributed by atoms with Gasteiger partial charge in [-0.1, -0.05) is 12.1 Å². The zero-order chi connectivity index (χ0) is 23.1. The largest absolute Gasteiger partial charge is 0.364 e. The van der Waals surface area contributed by atoms with Gasteiger partial charge < -0.3 is 15.5 Å². The molecular formula is C25H31FN5O2. The number of rotatable bonds is 7. The summed E-state index contributed by atoms with van der Waals surface area (Å²) in [5.41, 5.74) is 7.85. The number of amides is 2. The third kappa shape index (κ3) is 4.28. The first kappa shape index (κ1) is 22.1. The Balaban J connectivity index is 1.19. The van der Waals surface area contributed by atoms with Gasteiger partial charge in [0, 0.05) is 26.2 Å². The second-order valence-electron chi connectivity index (χ2n) is 9.74. The van der Waals surface area contributed by atoms with Crippen LogP contribution in [0.3, 0.4) is 0 Å². The Morgan fingerprint density at radius 3 is 2.52 bits per heavy atom. The molecule has 175 valence electrons. The van der Waals surface area contributed by atoms with Crippen molar-refractivity contribution < 1.29 is 14.0 Å². The third-order valence-electron chi connectivity index (χ3n) is 7.48. The van der Waals surface area contributed by atoms with Crippen molar-refractivity contribution in [2.24, 2.45) is 17.6 Å². The molecule has 8 heteroatoms.